The van der Waals surface area contributed by atoms with Crippen molar-refractivity contribution in [1.82, 2.24) is 61.5 Å². The molecule has 10 aliphatic rings. The lowest BCUT2D eigenvalue weighted by molar-refractivity contribution is 0.101. The van der Waals surface area contributed by atoms with E-state index in [0.717, 1.165) is 321 Å². The van der Waals surface area contributed by atoms with Crippen molar-refractivity contribution in [3.8, 4) is 81.6 Å². The molecule has 0 spiro atoms. The Morgan fingerprint density at radius 3 is 1.05 bits per heavy atom. The Labute approximate surface area is 877 Å². The average Bonchev–Trinajstić information content (AvgIpc) is 1.98. The fourth-order valence-electron chi connectivity index (χ4n) is 19.4. The van der Waals surface area contributed by atoms with Crippen LogP contribution >= 0.6 is 56.7 Å². The first-order valence-corrected chi connectivity index (χ1v) is 54.6. The third kappa shape index (κ3) is 23.3. The van der Waals surface area contributed by atoms with Gasteiger partial charge in [0.1, 0.15) is 82.3 Å². The standard InChI is InChI=1S/3C23H24N4O2S.2C21H21N5O2S/c1-15-21(26-23(30-15)17-6-7-20-16(14-17)8-13-29-20)22(28)25-18-4-2-3-5-19(18)27-11-9-24-10-12-27;2*1-15-13-24-9-10-27(15)20-5-3-2-4-18(20)25-22(28)19-14-30-23(26-19)17-6-7-21-16(12-17)8-11-29-21;27-20(24-16-3-5-23-12-18(16)26-8-6-22-7-9-26)17-13-29-21(25-17)15-1-2-19-14(11-15)4-10-28-19;27-20(24-16-2-1-6-23-19(16)26-9-7-22-8-10-26)17-13-29-21(25-17)15-3-4-18-14(12-15)5-11-28-18/h2-7,14,24H,8-13H2,1H3,(H,25,28);2*2-7,12,14-15,24H,8-11,13H2,1H3,(H,25,28);1-3,5,11-13,22H,4,6-10H2,(H,23,24,27);1-4,6,12-13,22H,5,7-11H2,(H,24,27)/t;2*15-;;/m.10../s1. The molecule has 25 rings (SSSR count). The number of carbonyl (C=O) groups is 5. The normalized spacial score (nSPS) is 16.6. The van der Waals surface area contributed by atoms with Crippen molar-refractivity contribution < 1.29 is 47.7 Å². The number of thiazole rings is 5. The highest BCUT2D eigenvalue weighted by atomic mass is 32.1. The molecule has 0 bridgehead atoms. The van der Waals surface area contributed by atoms with Crippen LogP contribution in [0.4, 0.5) is 57.0 Å². The van der Waals surface area contributed by atoms with Crippen LogP contribution in [0, 0.1) is 6.92 Å². The maximum atomic E-state index is 13.1. The largest absolute Gasteiger partial charge is 0.493 e. The van der Waals surface area contributed by atoms with Crippen molar-refractivity contribution in [2.24, 2.45) is 0 Å². The molecule has 10 aliphatic heterocycles. The van der Waals surface area contributed by atoms with Crippen LogP contribution in [0.25, 0.3) is 52.9 Å². The van der Waals surface area contributed by atoms with Gasteiger partial charge in [-0.15, -0.1) is 56.7 Å². The van der Waals surface area contributed by atoms with Crippen molar-refractivity contribution in [2.75, 3.05) is 202 Å². The SMILES string of the molecule is C[C@@H]1CNCCN1c1ccccc1NC(=O)c1csc(-c2ccc3c(c2)CCO3)n1.C[C@H]1CNCCN1c1ccccc1NC(=O)c1csc(-c2ccc3c(c2)CCO3)n1.Cc1sc(-c2ccc3c(c2)CCO3)nc1C(=O)Nc1ccccc1N1CCNCC1.O=C(Nc1cccnc1N1CCNCC1)c1csc(-c2ccc3c(c2)CCO3)n1.O=C(Nc1ccncc1N1CCNCC1)c1csc(-c2ccc3c(c2)CCO3)n1. The van der Waals surface area contributed by atoms with Gasteiger partial charge in [-0.2, -0.15) is 0 Å². The van der Waals surface area contributed by atoms with Gasteiger partial charge in [-0.3, -0.25) is 29.0 Å². The Morgan fingerprint density at radius 2 is 0.655 bits per heavy atom. The molecule has 0 aliphatic carbocycles. The minimum Gasteiger partial charge on any atom is -0.493 e. The zero-order valence-electron chi connectivity index (χ0n) is 82.3. The van der Waals surface area contributed by atoms with Crippen LogP contribution in [0.15, 0.2) is 222 Å². The molecule has 10 N–H and O–H groups in total. The molecule has 758 valence electrons. The number of piperazine rings is 5. The highest BCUT2D eigenvalue weighted by molar-refractivity contribution is 7.15. The maximum absolute atomic E-state index is 13.1. The van der Waals surface area contributed by atoms with E-state index in [2.05, 4.69) is 175 Å². The van der Waals surface area contributed by atoms with Gasteiger partial charge in [-0.05, 0) is 194 Å². The number of carbonyl (C=O) groups excluding carboxylic acids is 5. The van der Waals surface area contributed by atoms with E-state index >= 15 is 0 Å². The molecule has 32 nitrogen and oxygen atoms in total. The van der Waals surface area contributed by atoms with Gasteiger partial charge in [0.15, 0.2) is 5.82 Å². The van der Waals surface area contributed by atoms with Crippen molar-refractivity contribution >= 4 is 143 Å². The second kappa shape index (κ2) is 46.6. The van der Waals surface area contributed by atoms with E-state index in [4.69, 9.17) is 23.7 Å². The number of nitrogens with zero attached hydrogens (tertiary/aromatic N) is 12. The molecular formula is C111H114N22O10S5. The molecule has 5 fully saturated rings. The molecule has 2 atom stereocenters. The van der Waals surface area contributed by atoms with E-state index in [9.17, 15) is 24.0 Å². The average molecular weight is 2080 g/mol. The number of ether oxygens (including phenoxy) is 5. The van der Waals surface area contributed by atoms with Gasteiger partial charge in [-0.1, -0.05) is 36.4 Å². The number of hydrogen-bond acceptors (Lipinski definition) is 32. The molecule has 15 aromatic rings. The van der Waals surface area contributed by atoms with Crippen LogP contribution < -0.4 is 101 Å². The Bertz CT molecular complexity index is 6980. The Kier molecular flexibility index (Phi) is 31.3. The number of pyridine rings is 2. The molecule has 37 heteroatoms. The van der Waals surface area contributed by atoms with Crippen LogP contribution in [-0.2, 0) is 32.1 Å². The fourth-order valence-corrected chi connectivity index (χ4v) is 23.5. The molecule has 0 unspecified atom stereocenters. The summed E-state index contributed by atoms with van der Waals surface area (Å²) in [6, 6.07) is 60.8. The summed E-state index contributed by atoms with van der Waals surface area (Å²) in [6.07, 6.45) is 9.85. The van der Waals surface area contributed by atoms with Crippen LogP contribution in [0.1, 0.15) is 99.0 Å². The smallest absolute Gasteiger partial charge is 0.275 e. The summed E-state index contributed by atoms with van der Waals surface area (Å²) in [5.74, 6) is 4.59. The Hall–Kier alpha value is -14.6. The van der Waals surface area contributed by atoms with E-state index in [1.807, 2.05) is 151 Å². The van der Waals surface area contributed by atoms with Crippen LogP contribution in [0.5, 0.6) is 28.7 Å². The predicted molar refractivity (Wildman–Crippen MR) is 591 cm³/mol. The number of rotatable bonds is 20. The van der Waals surface area contributed by atoms with Gasteiger partial charge in [0, 0.05) is 229 Å². The topological polar surface area (TPSA) is 358 Å². The molecule has 148 heavy (non-hydrogen) atoms. The third-order valence-electron chi connectivity index (χ3n) is 27.1. The van der Waals surface area contributed by atoms with Gasteiger partial charge in [-0.25, -0.2) is 29.9 Å². The predicted octanol–water partition coefficient (Wildman–Crippen LogP) is 16.9. The van der Waals surface area contributed by atoms with Gasteiger partial charge in [0.05, 0.1) is 90.4 Å². The molecule has 17 heterocycles. The first-order chi connectivity index (χ1) is 72.6. The fraction of sp³-hybridized carbons (Fsp3) is 0.297. The number of amides is 5. The number of para-hydroxylation sites is 6. The van der Waals surface area contributed by atoms with Gasteiger partial charge in [0.2, 0.25) is 0 Å². The number of anilines is 10. The van der Waals surface area contributed by atoms with Crippen molar-refractivity contribution in [1.29, 1.82) is 0 Å². The summed E-state index contributed by atoms with van der Waals surface area (Å²) < 4.78 is 27.9. The zero-order chi connectivity index (χ0) is 101. The molecule has 8 aromatic carbocycles. The molecule has 0 radical (unpaired) electrons. The van der Waals surface area contributed by atoms with Crippen molar-refractivity contribution in [3.63, 3.8) is 0 Å². The minimum atomic E-state index is -0.221. The second-order valence-corrected chi connectivity index (χ2v) is 41.6. The van der Waals surface area contributed by atoms with Crippen molar-refractivity contribution in [2.45, 2.75) is 65.0 Å². The van der Waals surface area contributed by atoms with Crippen molar-refractivity contribution in [3.05, 3.63) is 283 Å². The molecule has 7 aromatic heterocycles. The number of aryl methyl sites for hydroxylation is 1. The Morgan fingerprint density at radius 1 is 0.331 bits per heavy atom. The highest BCUT2D eigenvalue weighted by Gasteiger charge is 2.31. The summed E-state index contributed by atoms with van der Waals surface area (Å²) in [4.78, 5) is 109. The second-order valence-electron chi connectivity index (χ2n) is 37.0. The minimum absolute atomic E-state index is 0.165. The zero-order valence-corrected chi connectivity index (χ0v) is 86.4. The van der Waals surface area contributed by atoms with Crippen LogP contribution in [-0.4, -0.2) is 227 Å². The van der Waals surface area contributed by atoms with Crippen LogP contribution in [0.3, 0.4) is 0 Å². The van der Waals surface area contributed by atoms with E-state index in [-0.39, 0.29) is 29.5 Å². The lowest BCUT2D eigenvalue weighted by Crippen LogP contribution is -2.50. The van der Waals surface area contributed by atoms with E-state index in [0.29, 0.717) is 46.2 Å². The molecule has 5 saturated heterocycles. The van der Waals surface area contributed by atoms with Gasteiger partial charge >= 0.3 is 0 Å². The van der Waals surface area contributed by atoms with E-state index in [1.165, 1.54) is 73.2 Å². The van der Waals surface area contributed by atoms with Gasteiger partial charge in [0.25, 0.3) is 29.5 Å². The quantitative estimate of drug-likeness (QED) is 0.0339. The summed E-state index contributed by atoms with van der Waals surface area (Å²) in [7, 11) is 0. The third-order valence-corrected chi connectivity index (χ3v) is 31.7. The summed E-state index contributed by atoms with van der Waals surface area (Å²) in [5, 5.41) is 43.6. The number of hydrogen-bond donors (Lipinski definition) is 10. The first kappa shape index (κ1) is 99.3. The molecule has 5 amide bonds. The van der Waals surface area contributed by atoms with Gasteiger partial charge < -0.3 is 101 Å². The lowest BCUT2D eigenvalue weighted by atomic mass is 10.1. The summed E-state index contributed by atoms with van der Waals surface area (Å²) in [5.41, 5.74) is 21.4. The molecular weight excluding hydrogens is 1960 g/mol. The monoisotopic (exact) mass is 2070 g/mol. The Balaban J connectivity index is 0.000000108. The summed E-state index contributed by atoms with van der Waals surface area (Å²) >= 11 is 7.48. The summed E-state index contributed by atoms with van der Waals surface area (Å²) in [6.45, 7) is 26.5. The lowest BCUT2D eigenvalue weighted by Gasteiger charge is -2.37. The number of fused-ring (bicyclic) bond motifs is 5. The number of aromatic nitrogens is 7. The van der Waals surface area contributed by atoms with E-state index < -0.39 is 0 Å². The number of nitrogens with one attached hydrogen (secondary N) is 10. The van der Waals surface area contributed by atoms with Crippen LogP contribution in [0.2, 0.25) is 0 Å². The maximum Gasteiger partial charge on any atom is 0.275 e. The number of benzene rings is 8. The highest BCUT2D eigenvalue weighted by Crippen LogP contribution is 2.42. The first-order valence-electron chi connectivity index (χ1n) is 50.3. The molecule has 0 saturated carbocycles. The van der Waals surface area contributed by atoms with E-state index in [1.54, 1.807) is 40.7 Å².